The van der Waals surface area contributed by atoms with Gasteiger partial charge >= 0.3 is 0 Å². The lowest BCUT2D eigenvalue weighted by Gasteiger charge is -2.27. The summed E-state index contributed by atoms with van der Waals surface area (Å²) in [5.74, 6) is 0.0214. The van der Waals surface area contributed by atoms with E-state index in [1.807, 2.05) is 24.3 Å². The monoisotopic (exact) mass is 318 g/mol. The average Bonchev–Trinajstić information content (AvgIpc) is 2.86. The Morgan fingerprint density at radius 3 is 2.81 bits per heavy atom. The minimum Gasteiger partial charge on any atom is -0.353 e. The topological polar surface area (TPSA) is 41.1 Å². The summed E-state index contributed by atoms with van der Waals surface area (Å²) in [4.78, 5) is 13.9. The zero-order chi connectivity index (χ0) is 14.4. The number of hydrogen-bond donors (Lipinski definition) is 2. The predicted octanol–water partition coefficient (Wildman–Crippen LogP) is 4.13. The molecule has 5 heteroatoms. The number of aryl methyl sites for hydroxylation is 1. The summed E-state index contributed by atoms with van der Waals surface area (Å²) in [6.07, 6.45) is 4.27. The van der Waals surface area contributed by atoms with Crippen LogP contribution in [-0.2, 0) is 12.8 Å². The van der Waals surface area contributed by atoms with E-state index >= 15 is 0 Å². The van der Waals surface area contributed by atoms with Crippen molar-refractivity contribution in [1.29, 1.82) is 0 Å². The first-order chi connectivity index (χ1) is 10.2. The van der Waals surface area contributed by atoms with Crippen LogP contribution in [0, 0.1) is 0 Å². The molecule has 4 rings (SSSR count). The third kappa shape index (κ3) is 2.14. The molecule has 108 valence electrons. The van der Waals surface area contributed by atoms with E-state index in [2.05, 4.69) is 10.6 Å². The highest BCUT2D eigenvalue weighted by Gasteiger charge is 2.32. The van der Waals surface area contributed by atoms with E-state index in [0.29, 0.717) is 5.02 Å². The van der Waals surface area contributed by atoms with Gasteiger partial charge in [-0.05, 0) is 37.3 Å². The number of fused-ring (bicyclic) bond motifs is 3. The van der Waals surface area contributed by atoms with E-state index < -0.39 is 0 Å². The summed E-state index contributed by atoms with van der Waals surface area (Å²) >= 11 is 7.98. The van der Waals surface area contributed by atoms with Crippen LogP contribution in [0.5, 0.6) is 0 Å². The maximum absolute atomic E-state index is 12.5. The number of carbonyl (C=O) groups is 1. The fourth-order valence-corrected chi connectivity index (χ4v) is 4.70. The molecule has 1 amide bonds. The minimum absolute atomic E-state index is 0.0214. The van der Waals surface area contributed by atoms with Gasteiger partial charge in [-0.1, -0.05) is 29.8 Å². The Kier molecular flexibility index (Phi) is 3.16. The second kappa shape index (κ2) is 5.04. The van der Waals surface area contributed by atoms with Crippen molar-refractivity contribution in [3.05, 3.63) is 50.9 Å². The average molecular weight is 319 g/mol. The van der Waals surface area contributed by atoms with E-state index in [4.69, 9.17) is 11.6 Å². The van der Waals surface area contributed by atoms with Gasteiger partial charge in [0.15, 0.2) is 0 Å². The van der Waals surface area contributed by atoms with E-state index in [0.717, 1.165) is 29.0 Å². The van der Waals surface area contributed by atoms with Crippen LogP contribution in [0.2, 0.25) is 5.02 Å². The standard InChI is InChI=1S/C16H15ClN2OS/c17-11-7-3-1-5-9(11)14-18-15(20)13-10-6-2-4-8-12(10)21-16(13)19-14/h1,3,5,7,14,19H,2,4,6,8H2,(H,18,20)/t14-/m0/s1. The SMILES string of the molecule is O=C1N[C@H](c2ccccc2Cl)Nc2sc3c(c21)CCCC3. The number of rotatable bonds is 1. The smallest absolute Gasteiger partial charge is 0.256 e. The second-order valence-corrected chi connectivity index (χ2v) is 7.00. The van der Waals surface area contributed by atoms with Crippen LogP contribution in [-0.4, -0.2) is 5.91 Å². The first-order valence-corrected chi connectivity index (χ1v) is 8.40. The van der Waals surface area contributed by atoms with Crippen molar-refractivity contribution in [2.24, 2.45) is 0 Å². The quantitative estimate of drug-likeness (QED) is 0.830. The number of anilines is 1. The summed E-state index contributed by atoms with van der Waals surface area (Å²) in [6.45, 7) is 0. The van der Waals surface area contributed by atoms with Gasteiger partial charge in [-0.2, -0.15) is 0 Å². The van der Waals surface area contributed by atoms with Crippen LogP contribution < -0.4 is 10.6 Å². The highest BCUT2D eigenvalue weighted by atomic mass is 35.5. The molecule has 1 atom stereocenters. The summed E-state index contributed by atoms with van der Waals surface area (Å²) in [6, 6.07) is 7.62. The van der Waals surface area contributed by atoms with Gasteiger partial charge in [0.2, 0.25) is 0 Å². The molecule has 0 unspecified atom stereocenters. The van der Waals surface area contributed by atoms with Crippen LogP contribution >= 0.6 is 22.9 Å². The first kappa shape index (κ1) is 13.2. The van der Waals surface area contributed by atoms with Gasteiger partial charge in [0.25, 0.3) is 5.91 Å². The molecule has 1 aromatic carbocycles. The molecule has 1 aliphatic heterocycles. The summed E-state index contributed by atoms with van der Waals surface area (Å²) in [5, 5.41) is 8.14. The Morgan fingerprint density at radius 2 is 1.95 bits per heavy atom. The largest absolute Gasteiger partial charge is 0.353 e. The number of thiophene rings is 1. The van der Waals surface area contributed by atoms with Crippen LogP contribution in [0.3, 0.4) is 0 Å². The molecule has 2 aliphatic rings. The molecule has 1 aromatic heterocycles. The predicted molar refractivity (Wildman–Crippen MR) is 86.2 cm³/mol. The zero-order valence-corrected chi connectivity index (χ0v) is 13.0. The molecule has 0 spiro atoms. The maximum Gasteiger partial charge on any atom is 0.256 e. The molecule has 21 heavy (non-hydrogen) atoms. The molecule has 3 nitrogen and oxygen atoms in total. The Morgan fingerprint density at radius 1 is 1.14 bits per heavy atom. The van der Waals surface area contributed by atoms with E-state index in [1.54, 1.807) is 11.3 Å². The van der Waals surface area contributed by atoms with Crippen molar-refractivity contribution >= 4 is 33.8 Å². The summed E-state index contributed by atoms with van der Waals surface area (Å²) in [5.41, 5.74) is 3.02. The molecule has 2 aromatic rings. The van der Waals surface area contributed by atoms with Crippen LogP contribution in [0.15, 0.2) is 24.3 Å². The van der Waals surface area contributed by atoms with Gasteiger partial charge in [-0.3, -0.25) is 4.79 Å². The molecule has 0 saturated heterocycles. The second-order valence-electron chi connectivity index (χ2n) is 5.49. The fourth-order valence-electron chi connectivity index (χ4n) is 3.14. The van der Waals surface area contributed by atoms with Gasteiger partial charge in [-0.15, -0.1) is 11.3 Å². The fraction of sp³-hybridized carbons (Fsp3) is 0.312. The molecular formula is C16H15ClN2OS. The number of benzene rings is 1. The Hall–Kier alpha value is -1.52. The normalized spacial score (nSPS) is 20.2. The number of halogens is 1. The Balaban J connectivity index is 1.74. The van der Waals surface area contributed by atoms with Crippen molar-refractivity contribution < 1.29 is 4.79 Å². The molecule has 1 aliphatic carbocycles. The lowest BCUT2D eigenvalue weighted by atomic mass is 9.94. The maximum atomic E-state index is 12.5. The van der Waals surface area contributed by atoms with E-state index in [-0.39, 0.29) is 12.1 Å². The highest BCUT2D eigenvalue weighted by molar-refractivity contribution is 7.16. The van der Waals surface area contributed by atoms with Crippen molar-refractivity contribution in [3.8, 4) is 0 Å². The molecular weight excluding hydrogens is 304 g/mol. The number of nitrogens with one attached hydrogen (secondary N) is 2. The Labute approximate surface area is 132 Å². The minimum atomic E-state index is -0.251. The van der Waals surface area contributed by atoms with Crippen molar-refractivity contribution in [2.45, 2.75) is 31.8 Å². The van der Waals surface area contributed by atoms with Gasteiger partial charge in [0, 0.05) is 15.5 Å². The molecule has 0 radical (unpaired) electrons. The van der Waals surface area contributed by atoms with Gasteiger partial charge in [-0.25, -0.2) is 0 Å². The molecule has 0 fully saturated rings. The summed E-state index contributed by atoms with van der Waals surface area (Å²) < 4.78 is 0. The number of carbonyl (C=O) groups excluding carboxylic acids is 1. The van der Waals surface area contributed by atoms with Crippen LogP contribution in [0.1, 0.15) is 45.4 Å². The summed E-state index contributed by atoms with van der Waals surface area (Å²) in [7, 11) is 0. The third-order valence-corrected chi connectivity index (χ3v) is 5.73. The Bertz CT molecular complexity index is 725. The van der Waals surface area contributed by atoms with E-state index in [9.17, 15) is 4.79 Å². The molecule has 2 N–H and O–H groups in total. The van der Waals surface area contributed by atoms with Crippen LogP contribution in [0.4, 0.5) is 5.00 Å². The molecule has 2 heterocycles. The number of amides is 1. The zero-order valence-electron chi connectivity index (χ0n) is 11.4. The van der Waals surface area contributed by atoms with E-state index in [1.165, 1.54) is 23.3 Å². The van der Waals surface area contributed by atoms with Crippen LogP contribution in [0.25, 0.3) is 0 Å². The van der Waals surface area contributed by atoms with Gasteiger partial charge in [0.05, 0.1) is 5.56 Å². The first-order valence-electron chi connectivity index (χ1n) is 7.20. The van der Waals surface area contributed by atoms with Gasteiger partial charge < -0.3 is 10.6 Å². The van der Waals surface area contributed by atoms with Crippen molar-refractivity contribution in [2.75, 3.05) is 5.32 Å². The number of hydrogen-bond acceptors (Lipinski definition) is 3. The van der Waals surface area contributed by atoms with Gasteiger partial charge in [0.1, 0.15) is 11.2 Å². The van der Waals surface area contributed by atoms with Crippen molar-refractivity contribution in [1.82, 2.24) is 5.32 Å². The van der Waals surface area contributed by atoms with Crippen molar-refractivity contribution in [3.63, 3.8) is 0 Å². The highest BCUT2D eigenvalue weighted by Crippen LogP contribution is 2.41. The molecule has 0 saturated carbocycles. The third-order valence-electron chi connectivity index (χ3n) is 4.17. The lowest BCUT2D eigenvalue weighted by molar-refractivity contribution is 0.0935. The lowest BCUT2D eigenvalue weighted by Crippen LogP contribution is -2.38. The molecule has 0 bridgehead atoms.